The monoisotopic (exact) mass is 259 g/mol. The largest absolute Gasteiger partial charge is 0.354 e. The van der Waals surface area contributed by atoms with Gasteiger partial charge in [-0.05, 0) is 25.5 Å². The number of nitrogens with zero attached hydrogens (tertiary/aromatic N) is 3. The number of hydrogen-bond donors (Lipinski definition) is 2. The van der Waals surface area contributed by atoms with Crippen molar-refractivity contribution in [1.82, 2.24) is 20.0 Å². The summed E-state index contributed by atoms with van der Waals surface area (Å²) in [5.41, 5.74) is 1.96. The van der Waals surface area contributed by atoms with Crippen molar-refractivity contribution in [3.8, 4) is 0 Å². The highest BCUT2D eigenvalue weighted by Gasteiger charge is 2.04. The van der Waals surface area contributed by atoms with E-state index in [9.17, 15) is 0 Å². The molecule has 0 saturated heterocycles. The Morgan fingerprint density at radius 3 is 3.00 bits per heavy atom. The highest BCUT2D eigenvalue weighted by Crippen LogP contribution is 2.03. The van der Waals surface area contributed by atoms with Crippen molar-refractivity contribution in [3.63, 3.8) is 0 Å². The maximum atomic E-state index is 4.54. The average molecular weight is 259 g/mol. The number of pyridine rings is 1. The maximum absolute atomic E-state index is 4.54. The number of hydrogen-bond acceptors (Lipinski definition) is 2. The van der Waals surface area contributed by atoms with E-state index >= 15 is 0 Å². The van der Waals surface area contributed by atoms with Crippen molar-refractivity contribution in [3.05, 3.63) is 36.3 Å². The van der Waals surface area contributed by atoms with E-state index < -0.39 is 0 Å². The first kappa shape index (κ1) is 13.4. The van der Waals surface area contributed by atoms with Crippen molar-refractivity contribution in [2.24, 2.45) is 4.99 Å². The van der Waals surface area contributed by atoms with Crippen LogP contribution < -0.4 is 10.6 Å². The van der Waals surface area contributed by atoms with Crippen LogP contribution in [0.4, 0.5) is 0 Å². The van der Waals surface area contributed by atoms with Gasteiger partial charge in [-0.2, -0.15) is 0 Å². The van der Waals surface area contributed by atoms with Crippen LogP contribution in [0.3, 0.4) is 0 Å². The Morgan fingerprint density at radius 1 is 1.47 bits per heavy atom. The molecule has 0 amide bonds. The minimum Gasteiger partial charge on any atom is -0.354 e. The third-order valence-corrected chi connectivity index (χ3v) is 3.07. The average Bonchev–Trinajstić information content (AvgIpc) is 2.85. The van der Waals surface area contributed by atoms with Crippen LogP contribution in [0.25, 0.3) is 5.65 Å². The van der Waals surface area contributed by atoms with Crippen LogP contribution >= 0.6 is 0 Å². The second kappa shape index (κ2) is 6.22. The first-order valence-corrected chi connectivity index (χ1v) is 6.62. The standard InChI is InChI=1S/C14H21N5/c1-4-11(2)17-14(15-3)16-9-12-10-19-8-6-5-7-13(19)18-12/h5-8,10-11H,4,9H2,1-3H3,(H2,15,16,17). The molecule has 0 aliphatic carbocycles. The number of rotatable bonds is 4. The normalized spacial score (nSPS) is 13.5. The van der Waals surface area contributed by atoms with Gasteiger partial charge < -0.3 is 15.0 Å². The predicted molar refractivity (Wildman–Crippen MR) is 78.3 cm³/mol. The van der Waals surface area contributed by atoms with Gasteiger partial charge in [0.15, 0.2) is 5.96 Å². The van der Waals surface area contributed by atoms with Gasteiger partial charge in [0, 0.05) is 25.5 Å². The summed E-state index contributed by atoms with van der Waals surface area (Å²) in [6, 6.07) is 6.39. The van der Waals surface area contributed by atoms with E-state index in [1.54, 1.807) is 7.05 Å². The fourth-order valence-electron chi connectivity index (χ4n) is 1.78. The molecule has 2 aromatic heterocycles. The van der Waals surface area contributed by atoms with E-state index in [0.717, 1.165) is 23.7 Å². The third-order valence-electron chi connectivity index (χ3n) is 3.07. The third kappa shape index (κ3) is 3.47. The Labute approximate surface area is 113 Å². The summed E-state index contributed by atoms with van der Waals surface area (Å²) in [6.45, 7) is 4.95. The SMILES string of the molecule is CCC(C)NC(=NC)NCc1cn2ccccc2n1. The van der Waals surface area contributed by atoms with Crippen LogP contribution in [0.5, 0.6) is 0 Å². The topological polar surface area (TPSA) is 53.7 Å². The summed E-state index contributed by atoms with van der Waals surface area (Å²) < 4.78 is 2.02. The lowest BCUT2D eigenvalue weighted by atomic mass is 10.3. The molecule has 102 valence electrons. The molecule has 0 aliphatic heterocycles. The molecule has 0 aromatic carbocycles. The quantitative estimate of drug-likeness (QED) is 0.650. The van der Waals surface area contributed by atoms with Crippen molar-refractivity contribution >= 4 is 11.6 Å². The molecule has 0 aliphatic rings. The van der Waals surface area contributed by atoms with E-state index in [0.29, 0.717) is 12.6 Å². The van der Waals surface area contributed by atoms with E-state index in [4.69, 9.17) is 0 Å². The van der Waals surface area contributed by atoms with Gasteiger partial charge in [-0.1, -0.05) is 13.0 Å². The predicted octanol–water partition coefficient (Wildman–Crippen LogP) is 1.80. The summed E-state index contributed by atoms with van der Waals surface area (Å²) in [6.07, 6.45) is 5.09. The molecule has 2 aromatic rings. The van der Waals surface area contributed by atoms with Gasteiger partial charge in [0.05, 0.1) is 12.2 Å². The zero-order valence-corrected chi connectivity index (χ0v) is 11.7. The minimum atomic E-state index is 0.410. The van der Waals surface area contributed by atoms with Crippen molar-refractivity contribution in [1.29, 1.82) is 0 Å². The van der Waals surface area contributed by atoms with E-state index in [2.05, 4.69) is 34.5 Å². The van der Waals surface area contributed by atoms with Crippen LogP contribution in [0, 0.1) is 0 Å². The number of fused-ring (bicyclic) bond motifs is 1. The van der Waals surface area contributed by atoms with Crippen molar-refractivity contribution in [2.75, 3.05) is 7.05 Å². The Morgan fingerprint density at radius 2 is 2.32 bits per heavy atom. The summed E-state index contributed by atoms with van der Waals surface area (Å²) in [7, 11) is 1.78. The molecular weight excluding hydrogens is 238 g/mol. The fourth-order valence-corrected chi connectivity index (χ4v) is 1.78. The summed E-state index contributed by atoms with van der Waals surface area (Å²) >= 11 is 0. The summed E-state index contributed by atoms with van der Waals surface area (Å²) in [5.74, 6) is 0.811. The number of aliphatic imine (C=N–C) groups is 1. The molecule has 5 nitrogen and oxygen atoms in total. The molecule has 1 atom stereocenters. The molecule has 0 saturated carbocycles. The zero-order chi connectivity index (χ0) is 13.7. The Hall–Kier alpha value is -2.04. The summed E-state index contributed by atoms with van der Waals surface area (Å²) in [5, 5.41) is 6.60. The molecular formula is C14H21N5. The fraction of sp³-hybridized carbons (Fsp3) is 0.429. The first-order chi connectivity index (χ1) is 9.22. The second-order valence-corrected chi connectivity index (χ2v) is 4.58. The van der Waals surface area contributed by atoms with Gasteiger partial charge in [-0.3, -0.25) is 4.99 Å². The lowest BCUT2D eigenvalue weighted by Gasteiger charge is -2.15. The molecule has 2 rings (SSSR count). The highest BCUT2D eigenvalue weighted by molar-refractivity contribution is 5.79. The number of nitrogens with one attached hydrogen (secondary N) is 2. The Bertz CT molecular complexity index is 525. The maximum Gasteiger partial charge on any atom is 0.191 e. The molecule has 0 fully saturated rings. The molecule has 0 bridgehead atoms. The molecule has 19 heavy (non-hydrogen) atoms. The number of guanidine groups is 1. The van der Waals surface area contributed by atoms with Crippen molar-refractivity contribution in [2.45, 2.75) is 32.9 Å². The first-order valence-electron chi connectivity index (χ1n) is 6.62. The van der Waals surface area contributed by atoms with E-state index in [-0.39, 0.29) is 0 Å². The van der Waals surface area contributed by atoms with Crippen LogP contribution in [0.15, 0.2) is 35.6 Å². The van der Waals surface area contributed by atoms with Gasteiger partial charge in [-0.25, -0.2) is 4.98 Å². The van der Waals surface area contributed by atoms with Crippen LogP contribution in [0.1, 0.15) is 26.0 Å². The van der Waals surface area contributed by atoms with Gasteiger partial charge >= 0.3 is 0 Å². The number of aromatic nitrogens is 2. The van der Waals surface area contributed by atoms with Gasteiger partial charge in [0.2, 0.25) is 0 Å². The lowest BCUT2D eigenvalue weighted by Crippen LogP contribution is -2.41. The zero-order valence-electron chi connectivity index (χ0n) is 11.7. The van der Waals surface area contributed by atoms with E-state index in [1.807, 2.05) is 35.0 Å². The van der Waals surface area contributed by atoms with Crippen LogP contribution in [-0.4, -0.2) is 28.4 Å². The number of imidazole rings is 1. The highest BCUT2D eigenvalue weighted by atomic mass is 15.2. The van der Waals surface area contributed by atoms with Crippen LogP contribution in [-0.2, 0) is 6.54 Å². The lowest BCUT2D eigenvalue weighted by molar-refractivity contribution is 0.623. The minimum absolute atomic E-state index is 0.410. The summed E-state index contributed by atoms with van der Waals surface area (Å²) in [4.78, 5) is 8.74. The molecule has 2 heterocycles. The van der Waals surface area contributed by atoms with E-state index in [1.165, 1.54) is 0 Å². The Kier molecular flexibility index (Phi) is 4.39. The van der Waals surface area contributed by atoms with Gasteiger partial charge in [-0.15, -0.1) is 0 Å². The molecule has 1 unspecified atom stereocenters. The van der Waals surface area contributed by atoms with Crippen molar-refractivity contribution < 1.29 is 0 Å². The molecule has 0 spiro atoms. The van der Waals surface area contributed by atoms with Gasteiger partial charge in [0.1, 0.15) is 5.65 Å². The van der Waals surface area contributed by atoms with Crippen LogP contribution in [0.2, 0.25) is 0 Å². The smallest absolute Gasteiger partial charge is 0.191 e. The second-order valence-electron chi connectivity index (χ2n) is 4.58. The molecule has 2 N–H and O–H groups in total. The molecule has 0 radical (unpaired) electrons. The molecule has 5 heteroatoms. The van der Waals surface area contributed by atoms with Gasteiger partial charge in [0.25, 0.3) is 0 Å². The Balaban J connectivity index is 1.97.